The van der Waals surface area contributed by atoms with Crippen molar-refractivity contribution in [2.45, 2.75) is 71.3 Å². The molecule has 0 aromatic heterocycles. The Balaban J connectivity index is 4.28. The summed E-state index contributed by atoms with van der Waals surface area (Å²) in [6.07, 6.45) is 1.52. The second-order valence-electron chi connectivity index (χ2n) is 6.55. The van der Waals surface area contributed by atoms with Crippen molar-refractivity contribution in [2.75, 3.05) is 33.9 Å². The largest absolute Gasteiger partial charge is 0.519 e. The number of hydrogen-bond acceptors (Lipinski definition) is 5. The maximum Gasteiger partial charge on any atom is 0.334 e. The topological polar surface area (TPSA) is 48.0 Å². The molecule has 0 rings (SSSR count). The molecule has 0 radical (unpaired) electrons. The summed E-state index contributed by atoms with van der Waals surface area (Å²) in [6, 6.07) is 4.01. The molecule has 0 spiro atoms. The van der Waals surface area contributed by atoms with Crippen LogP contribution in [0, 0.1) is 0 Å². The molecule has 0 fully saturated rings. The zero-order valence-electron chi connectivity index (χ0n) is 16.9. The van der Waals surface area contributed by atoms with Crippen LogP contribution < -0.4 is 0 Å². The van der Waals surface area contributed by atoms with Gasteiger partial charge in [-0.05, 0) is 50.2 Å². The summed E-state index contributed by atoms with van der Waals surface area (Å²) in [5.41, 5.74) is 0. The highest BCUT2D eigenvalue weighted by atomic mass is 28.4. The molecule has 0 saturated heterocycles. The lowest BCUT2D eigenvalue weighted by Crippen LogP contribution is -2.39. The molecule has 0 N–H and O–H groups in total. The lowest BCUT2D eigenvalue weighted by Gasteiger charge is -2.28. The van der Waals surface area contributed by atoms with Crippen molar-refractivity contribution in [3.63, 3.8) is 0 Å². The normalized spacial score (nSPS) is 12.7. The fraction of sp³-hybridized carbons (Fsp3) is 0.941. The van der Waals surface area contributed by atoms with Gasteiger partial charge in [-0.15, -0.1) is 0 Å². The maximum atomic E-state index is 12.2. The van der Waals surface area contributed by atoms with Crippen molar-refractivity contribution in [1.29, 1.82) is 0 Å². The first-order valence-electron chi connectivity index (χ1n) is 9.38. The van der Waals surface area contributed by atoms with E-state index in [-0.39, 0.29) is 5.97 Å². The van der Waals surface area contributed by atoms with Gasteiger partial charge in [-0.2, -0.15) is 0 Å². The first kappa shape index (κ1) is 23.8. The van der Waals surface area contributed by atoms with E-state index in [1.165, 1.54) is 0 Å². The summed E-state index contributed by atoms with van der Waals surface area (Å²) in [5, 5.41) is 0. The van der Waals surface area contributed by atoms with Gasteiger partial charge < -0.3 is 18.2 Å². The van der Waals surface area contributed by atoms with Crippen molar-refractivity contribution in [3.8, 4) is 0 Å². The maximum absolute atomic E-state index is 12.2. The molecule has 144 valence electrons. The zero-order chi connectivity index (χ0) is 18.6. The van der Waals surface area contributed by atoms with E-state index in [1.807, 2.05) is 0 Å². The molecule has 0 atom stereocenters. The van der Waals surface area contributed by atoms with E-state index in [0.717, 1.165) is 50.2 Å². The molecule has 0 bridgehead atoms. The summed E-state index contributed by atoms with van der Waals surface area (Å²) in [4.78, 5) is 14.5. The van der Waals surface area contributed by atoms with Crippen molar-refractivity contribution in [3.05, 3.63) is 0 Å². The van der Waals surface area contributed by atoms with E-state index in [4.69, 9.17) is 13.3 Å². The fourth-order valence-corrected chi connectivity index (χ4v) is 6.74. The SMILES string of the molecule is CCN(CCC[Si](C)(OC)OC)CCC(=O)O[Si](CC)(CC)CC. The number of rotatable bonds is 14. The Morgan fingerprint density at radius 3 is 1.92 bits per heavy atom. The Hall–Kier alpha value is -0.216. The van der Waals surface area contributed by atoms with E-state index in [9.17, 15) is 4.79 Å². The van der Waals surface area contributed by atoms with Gasteiger partial charge in [0.15, 0.2) is 0 Å². The molecule has 0 aliphatic heterocycles. The highest BCUT2D eigenvalue weighted by Gasteiger charge is 2.32. The van der Waals surface area contributed by atoms with Gasteiger partial charge in [-0.25, -0.2) is 0 Å². The monoisotopic (exact) mass is 377 g/mol. The molecule has 0 heterocycles. The summed E-state index contributed by atoms with van der Waals surface area (Å²) in [7, 11) is -0.338. The minimum Gasteiger partial charge on any atom is -0.519 e. The summed E-state index contributed by atoms with van der Waals surface area (Å²) < 4.78 is 17.0. The van der Waals surface area contributed by atoms with Gasteiger partial charge in [0.2, 0.25) is 0 Å². The van der Waals surface area contributed by atoms with Gasteiger partial charge in [0, 0.05) is 20.8 Å². The molecule has 5 nitrogen and oxygen atoms in total. The highest BCUT2D eigenvalue weighted by Crippen LogP contribution is 2.22. The van der Waals surface area contributed by atoms with Crippen molar-refractivity contribution in [2.24, 2.45) is 0 Å². The lowest BCUT2D eigenvalue weighted by molar-refractivity contribution is -0.135. The van der Waals surface area contributed by atoms with Crippen LogP contribution >= 0.6 is 0 Å². The smallest absolute Gasteiger partial charge is 0.334 e. The fourth-order valence-electron chi connectivity index (χ4n) is 2.85. The molecule has 24 heavy (non-hydrogen) atoms. The van der Waals surface area contributed by atoms with Gasteiger partial charge in [-0.1, -0.05) is 27.7 Å². The second kappa shape index (κ2) is 12.2. The number of nitrogens with zero attached hydrogens (tertiary/aromatic N) is 1. The number of carbonyl (C=O) groups is 1. The molecule has 0 unspecified atom stereocenters. The van der Waals surface area contributed by atoms with Crippen LogP contribution in [0.5, 0.6) is 0 Å². The third-order valence-electron chi connectivity index (χ3n) is 5.31. The highest BCUT2D eigenvalue weighted by molar-refractivity contribution is 6.74. The molecule has 0 aliphatic rings. The van der Waals surface area contributed by atoms with E-state index in [0.29, 0.717) is 6.42 Å². The van der Waals surface area contributed by atoms with Gasteiger partial charge >= 0.3 is 8.56 Å². The number of hydrogen-bond donors (Lipinski definition) is 0. The molecular formula is C17H39NO4Si2. The predicted molar refractivity (Wildman–Crippen MR) is 105 cm³/mol. The standard InChI is InChI=1S/C17H39NO4Si2/c1-8-18(14-12-16-23(7,20-5)21-6)15-13-17(19)22-24(9-2,10-3)11-4/h8-16H2,1-7H3. The van der Waals surface area contributed by atoms with Gasteiger partial charge in [0.05, 0.1) is 6.42 Å². The van der Waals surface area contributed by atoms with Crippen LogP contribution in [0.15, 0.2) is 0 Å². The molecule has 0 amide bonds. The third kappa shape index (κ3) is 8.24. The van der Waals surface area contributed by atoms with Crippen LogP contribution in [-0.4, -0.2) is 61.6 Å². The first-order chi connectivity index (χ1) is 11.3. The second-order valence-corrected chi connectivity index (χ2v) is 14.8. The minimum absolute atomic E-state index is 0.0151. The number of carbonyl (C=O) groups excluding carboxylic acids is 1. The van der Waals surface area contributed by atoms with Crippen LogP contribution in [0.1, 0.15) is 40.5 Å². The summed E-state index contributed by atoms with van der Waals surface area (Å²) in [5.74, 6) is -0.0151. The van der Waals surface area contributed by atoms with Crippen molar-refractivity contribution in [1.82, 2.24) is 4.90 Å². The van der Waals surface area contributed by atoms with Crippen LogP contribution in [0.3, 0.4) is 0 Å². The minimum atomic E-state index is -1.98. The van der Waals surface area contributed by atoms with Crippen LogP contribution in [-0.2, 0) is 18.1 Å². The molecule has 7 heteroatoms. The molecular weight excluding hydrogens is 338 g/mol. The van der Waals surface area contributed by atoms with Crippen LogP contribution in [0.4, 0.5) is 0 Å². The van der Waals surface area contributed by atoms with Gasteiger partial charge in [-0.3, -0.25) is 4.79 Å². The third-order valence-corrected chi connectivity index (χ3v) is 12.8. The Morgan fingerprint density at radius 1 is 0.958 bits per heavy atom. The summed E-state index contributed by atoms with van der Waals surface area (Å²) >= 11 is 0. The van der Waals surface area contributed by atoms with E-state index in [2.05, 4.69) is 39.1 Å². The molecule has 0 saturated carbocycles. The molecule has 0 aromatic rings. The Morgan fingerprint density at radius 2 is 1.50 bits per heavy atom. The molecule has 0 aliphatic carbocycles. The van der Waals surface area contributed by atoms with Gasteiger partial charge in [0.1, 0.15) is 0 Å². The summed E-state index contributed by atoms with van der Waals surface area (Å²) in [6.45, 7) is 13.4. The Kier molecular flexibility index (Phi) is 12.1. The quantitative estimate of drug-likeness (QED) is 0.428. The lowest BCUT2D eigenvalue weighted by atomic mass is 10.3. The molecule has 0 aromatic carbocycles. The average Bonchev–Trinajstić information content (AvgIpc) is 2.62. The van der Waals surface area contributed by atoms with E-state index in [1.54, 1.807) is 14.2 Å². The predicted octanol–water partition coefficient (Wildman–Crippen LogP) is 4.00. The van der Waals surface area contributed by atoms with Crippen molar-refractivity contribution < 1.29 is 18.1 Å². The average molecular weight is 378 g/mol. The van der Waals surface area contributed by atoms with Crippen LogP contribution in [0.2, 0.25) is 30.7 Å². The van der Waals surface area contributed by atoms with E-state index >= 15 is 0 Å². The van der Waals surface area contributed by atoms with Crippen molar-refractivity contribution >= 4 is 22.8 Å². The Bertz CT molecular complexity index is 339. The Labute approximate surface area is 151 Å². The van der Waals surface area contributed by atoms with E-state index < -0.39 is 16.9 Å². The first-order valence-corrected chi connectivity index (χ1v) is 14.4. The zero-order valence-corrected chi connectivity index (χ0v) is 18.9. The van der Waals surface area contributed by atoms with Gasteiger partial charge in [0.25, 0.3) is 14.3 Å². The van der Waals surface area contributed by atoms with Crippen LogP contribution in [0.25, 0.3) is 0 Å².